The molecule has 1 aliphatic heterocycles. The minimum absolute atomic E-state index is 0.0915. The van der Waals surface area contributed by atoms with Crippen LogP contribution in [0.5, 0.6) is 0 Å². The van der Waals surface area contributed by atoms with E-state index in [2.05, 4.69) is 4.98 Å². The van der Waals surface area contributed by atoms with Gasteiger partial charge in [0.15, 0.2) is 15.6 Å². The van der Waals surface area contributed by atoms with Gasteiger partial charge in [-0.3, -0.25) is 14.5 Å². The third-order valence-electron chi connectivity index (χ3n) is 4.73. The number of Topliss-reactive ketones (excluding diaryl/α,β-unsaturated/α-hetero) is 1. The average Bonchev–Trinajstić information content (AvgIpc) is 3.21. The summed E-state index contributed by atoms with van der Waals surface area (Å²) < 4.78 is 14.9. The number of nitrogens with zero attached hydrogens (tertiary/aromatic N) is 3. The molecule has 2 heterocycles. The number of aromatic nitrogens is 2. The number of hydrogen-bond donors (Lipinski definition) is 0. The SMILES string of the molecule is CC(=O)c1ccc2c(c1)N(C(=O)CCCn1ccnc1)c1ccccc1[S+]2[O-]. The first kappa shape index (κ1) is 18.5. The number of rotatable bonds is 5. The van der Waals surface area contributed by atoms with Crippen LogP contribution in [0.1, 0.15) is 30.1 Å². The smallest absolute Gasteiger partial charge is 0.231 e. The number of ketones is 1. The Morgan fingerprint density at radius 3 is 2.64 bits per heavy atom. The Bertz CT molecular complexity index is 1030. The van der Waals surface area contributed by atoms with Crippen molar-refractivity contribution in [3.8, 4) is 0 Å². The number of aryl methyl sites for hydroxylation is 1. The van der Waals surface area contributed by atoms with E-state index in [0.717, 1.165) is 0 Å². The molecule has 4 rings (SSSR count). The van der Waals surface area contributed by atoms with Gasteiger partial charge in [-0.05, 0) is 43.7 Å². The van der Waals surface area contributed by atoms with E-state index in [9.17, 15) is 14.1 Å². The fourth-order valence-electron chi connectivity index (χ4n) is 3.33. The van der Waals surface area contributed by atoms with Gasteiger partial charge in [-0.1, -0.05) is 12.1 Å². The fraction of sp³-hybridized carbons (Fsp3) is 0.190. The number of anilines is 2. The second-order valence-electron chi connectivity index (χ2n) is 6.61. The third-order valence-corrected chi connectivity index (χ3v) is 6.22. The van der Waals surface area contributed by atoms with E-state index in [1.54, 1.807) is 47.8 Å². The summed E-state index contributed by atoms with van der Waals surface area (Å²) >= 11 is -1.40. The number of benzene rings is 2. The van der Waals surface area contributed by atoms with Crippen LogP contribution in [-0.4, -0.2) is 25.8 Å². The van der Waals surface area contributed by atoms with Crippen LogP contribution in [-0.2, 0) is 22.5 Å². The number of hydrogen-bond acceptors (Lipinski definition) is 4. The largest absolute Gasteiger partial charge is 0.606 e. The minimum atomic E-state index is -1.40. The third kappa shape index (κ3) is 3.34. The van der Waals surface area contributed by atoms with Gasteiger partial charge in [-0.15, -0.1) is 0 Å². The quantitative estimate of drug-likeness (QED) is 0.489. The summed E-state index contributed by atoms with van der Waals surface area (Å²) in [5.41, 5.74) is 1.63. The number of fused-ring (bicyclic) bond motifs is 2. The van der Waals surface area contributed by atoms with E-state index in [1.165, 1.54) is 6.92 Å². The van der Waals surface area contributed by atoms with Crippen molar-refractivity contribution in [2.45, 2.75) is 36.1 Å². The molecule has 1 aromatic heterocycles. The Morgan fingerprint density at radius 2 is 1.89 bits per heavy atom. The Morgan fingerprint density at radius 1 is 1.11 bits per heavy atom. The van der Waals surface area contributed by atoms with Gasteiger partial charge in [0, 0.05) is 42.1 Å². The van der Waals surface area contributed by atoms with Crippen LogP contribution in [0.3, 0.4) is 0 Å². The molecule has 7 heteroatoms. The van der Waals surface area contributed by atoms with Crippen molar-refractivity contribution in [1.29, 1.82) is 0 Å². The maximum atomic E-state index is 13.2. The van der Waals surface area contributed by atoms with Gasteiger partial charge in [0.1, 0.15) is 11.4 Å². The summed E-state index contributed by atoms with van der Waals surface area (Å²) in [6.07, 6.45) is 6.26. The molecule has 0 fully saturated rings. The van der Waals surface area contributed by atoms with Crippen molar-refractivity contribution in [1.82, 2.24) is 9.55 Å². The van der Waals surface area contributed by atoms with Gasteiger partial charge >= 0.3 is 0 Å². The number of para-hydroxylation sites is 1. The number of amides is 1. The van der Waals surface area contributed by atoms with Crippen LogP contribution in [0.4, 0.5) is 11.4 Å². The average molecular weight is 393 g/mol. The highest BCUT2D eigenvalue weighted by atomic mass is 32.2. The van der Waals surface area contributed by atoms with Crippen LogP contribution in [0.15, 0.2) is 71.0 Å². The monoisotopic (exact) mass is 393 g/mol. The van der Waals surface area contributed by atoms with Gasteiger partial charge in [0.25, 0.3) is 0 Å². The predicted molar refractivity (Wildman–Crippen MR) is 106 cm³/mol. The van der Waals surface area contributed by atoms with E-state index < -0.39 is 11.2 Å². The Labute approximate surface area is 166 Å². The zero-order valence-electron chi connectivity index (χ0n) is 15.4. The van der Waals surface area contributed by atoms with Crippen LogP contribution in [0.2, 0.25) is 0 Å². The molecule has 3 aromatic rings. The van der Waals surface area contributed by atoms with Gasteiger partial charge in [0.05, 0.1) is 6.33 Å². The molecule has 1 unspecified atom stereocenters. The lowest BCUT2D eigenvalue weighted by atomic mass is 10.1. The topological polar surface area (TPSA) is 78.3 Å². The predicted octanol–water partition coefficient (Wildman–Crippen LogP) is 3.71. The van der Waals surface area contributed by atoms with Crippen LogP contribution >= 0.6 is 0 Å². The van der Waals surface area contributed by atoms with E-state index >= 15 is 0 Å². The molecule has 0 saturated carbocycles. The lowest BCUT2D eigenvalue weighted by Gasteiger charge is -2.31. The normalized spacial score (nSPS) is 15.1. The molecule has 0 bridgehead atoms. The Balaban J connectivity index is 1.69. The van der Waals surface area contributed by atoms with Gasteiger partial charge < -0.3 is 9.12 Å². The summed E-state index contributed by atoms with van der Waals surface area (Å²) in [4.78, 5) is 31.8. The fourth-order valence-corrected chi connectivity index (χ4v) is 4.65. The molecule has 0 spiro atoms. The molecule has 1 aliphatic rings. The van der Waals surface area contributed by atoms with E-state index in [1.807, 2.05) is 22.9 Å². The molecule has 28 heavy (non-hydrogen) atoms. The zero-order valence-corrected chi connectivity index (χ0v) is 16.2. The molecule has 142 valence electrons. The van der Waals surface area contributed by atoms with Crippen molar-refractivity contribution in [3.05, 3.63) is 66.7 Å². The molecule has 1 amide bonds. The second kappa shape index (κ2) is 7.61. The van der Waals surface area contributed by atoms with Crippen molar-refractivity contribution in [2.24, 2.45) is 0 Å². The first-order chi connectivity index (χ1) is 13.6. The summed E-state index contributed by atoms with van der Waals surface area (Å²) in [5, 5.41) is 0. The summed E-state index contributed by atoms with van der Waals surface area (Å²) in [7, 11) is 0. The lowest BCUT2D eigenvalue weighted by molar-refractivity contribution is -0.118. The van der Waals surface area contributed by atoms with Crippen LogP contribution in [0, 0.1) is 0 Å². The molecule has 2 aromatic carbocycles. The van der Waals surface area contributed by atoms with E-state index in [0.29, 0.717) is 46.1 Å². The maximum absolute atomic E-state index is 13.2. The Hall–Kier alpha value is -2.90. The highest BCUT2D eigenvalue weighted by molar-refractivity contribution is 7.92. The number of carbonyl (C=O) groups excluding carboxylic acids is 2. The first-order valence-electron chi connectivity index (χ1n) is 9.01. The van der Waals surface area contributed by atoms with Crippen molar-refractivity contribution < 1.29 is 14.1 Å². The molecule has 0 saturated heterocycles. The second-order valence-corrected chi connectivity index (χ2v) is 8.03. The maximum Gasteiger partial charge on any atom is 0.231 e. The number of imidazole rings is 1. The van der Waals surface area contributed by atoms with Crippen LogP contribution < -0.4 is 4.90 Å². The van der Waals surface area contributed by atoms with Crippen molar-refractivity contribution in [2.75, 3.05) is 4.90 Å². The highest BCUT2D eigenvalue weighted by Gasteiger charge is 2.36. The van der Waals surface area contributed by atoms with Crippen molar-refractivity contribution >= 4 is 34.2 Å². The molecular formula is C21H19N3O3S. The van der Waals surface area contributed by atoms with E-state index in [-0.39, 0.29) is 11.7 Å². The van der Waals surface area contributed by atoms with Crippen molar-refractivity contribution in [3.63, 3.8) is 0 Å². The van der Waals surface area contributed by atoms with Crippen LogP contribution in [0.25, 0.3) is 0 Å². The van der Waals surface area contributed by atoms with Gasteiger partial charge in [0.2, 0.25) is 5.91 Å². The van der Waals surface area contributed by atoms with Gasteiger partial charge in [-0.25, -0.2) is 4.98 Å². The summed E-state index contributed by atoms with van der Waals surface area (Å²) in [5.74, 6) is -0.189. The Kier molecular flexibility index (Phi) is 5.02. The summed E-state index contributed by atoms with van der Waals surface area (Å²) in [6, 6.07) is 12.2. The molecular weight excluding hydrogens is 374 g/mol. The van der Waals surface area contributed by atoms with E-state index in [4.69, 9.17) is 0 Å². The molecule has 0 aliphatic carbocycles. The molecule has 0 N–H and O–H groups in total. The number of carbonyl (C=O) groups is 2. The molecule has 0 radical (unpaired) electrons. The molecule has 1 atom stereocenters. The molecule has 6 nitrogen and oxygen atoms in total. The zero-order chi connectivity index (χ0) is 19.7. The standard InChI is InChI=1S/C21H19N3O3S/c1-15(25)16-8-9-20-18(13-16)24(17-5-2-3-6-19(17)28(20)27)21(26)7-4-11-23-12-10-22-14-23/h2-3,5-6,8-10,12-14H,4,7,11H2,1H3. The summed E-state index contributed by atoms with van der Waals surface area (Å²) in [6.45, 7) is 2.17. The van der Waals surface area contributed by atoms with Gasteiger partial charge in [-0.2, -0.15) is 0 Å². The highest BCUT2D eigenvalue weighted by Crippen LogP contribution is 2.44. The first-order valence-corrected chi connectivity index (χ1v) is 10.2. The lowest BCUT2D eigenvalue weighted by Crippen LogP contribution is -2.32. The minimum Gasteiger partial charge on any atom is -0.606 e.